The highest BCUT2D eigenvalue weighted by Gasteiger charge is 2.48. The number of nitrogens with one attached hydrogen (secondary N) is 1. The molecule has 0 radical (unpaired) electrons. The molecule has 4 heteroatoms. The zero-order valence-electron chi connectivity index (χ0n) is 9.58. The van der Waals surface area contributed by atoms with E-state index < -0.39 is 5.60 Å². The van der Waals surface area contributed by atoms with Gasteiger partial charge < -0.3 is 14.8 Å². The van der Waals surface area contributed by atoms with Crippen LogP contribution in [0.5, 0.6) is 0 Å². The summed E-state index contributed by atoms with van der Waals surface area (Å²) in [4.78, 5) is 11.5. The molecule has 0 unspecified atom stereocenters. The maximum absolute atomic E-state index is 11.5. The fraction of sp³-hybridized carbons (Fsp3) is 0.909. The van der Waals surface area contributed by atoms with Crippen LogP contribution in [0, 0.1) is 0 Å². The first kappa shape index (κ1) is 10.7. The molecule has 0 bridgehead atoms. The summed E-state index contributed by atoms with van der Waals surface area (Å²) in [7, 11) is 0. The first-order chi connectivity index (χ1) is 6.96. The lowest BCUT2D eigenvalue weighted by Crippen LogP contribution is -2.43. The second-order valence-electron chi connectivity index (χ2n) is 5.32. The fourth-order valence-electron chi connectivity index (χ4n) is 2.06. The van der Waals surface area contributed by atoms with E-state index in [1.807, 2.05) is 20.8 Å². The molecular weight excluding hydrogens is 194 g/mol. The number of amides is 1. The average Bonchev–Trinajstić information content (AvgIpc) is 2.79. The van der Waals surface area contributed by atoms with Gasteiger partial charge in [0.2, 0.25) is 0 Å². The summed E-state index contributed by atoms with van der Waals surface area (Å²) in [6.45, 7) is 5.59. The zero-order valence-corrected chi connectivity index (χ0v) is 9.58. The maximum Gasteiger partial charge on any atom is 0.407 e. The highest BCUT2D eigenvalue weighted by atomic mass is 16.6. The minimum absolute atomic E-state index is 0.151. The van der Waals surface area contributed by atoms with Crippen LogP contribution >= 0.6 is 0 Å². The van der Waals surface area contributed by atoms with E-state index in [1.165, 1.54) is 0 Å². The zero-order chi connectivity index (χ0) is 11.1. The van der Waals surface area contributed by atoms with Crippen molar-refractivity contribution in [1.29, 1.82) is 0 Å². The van der Waals surface area contributed by atoms with Crippen molar-refractivity contribution < 1.29 is 14.3 Å². The summed E-state index contributed by atoms with van der Waals surface area (Å²) in [5, 5.41) is 2.88. The molecule has 3 atom stereocenters. The Bertz CT molecular complexity index is 259. The third-order valence-corrected chi connectivity index (χ3v) is 2.72. The summed E-state index contributed by atoms with van der Waals surface area (Å²) in [6.07, 6.45) is 3.56. The van der Waals surface area contributed by atoms with Crippen LogP contribution in [0.1, 0.15) is 40.0 Å². The monoisotopic (exact) mass is 213 g/mol. The van der Waals surface area contributed by atoms with E-state index in [2.05, 4.69) is 5.32 Å². The highest BCUT2D eigenvalue weighted by Crippen LogP contribution is 2.36. The largest absolute Gasteiger partial charge is 0.444 e. The molecule has 1 N–H and O–H groups in total. The number of rotatable bonds is 1. The second-order valence-corrected chi connectivity index (χ2v) is 5.32. The van der Waals surface area contributed by atoms with Crippen molar-refractivity contribution in [2.75, 3.05) is 0 Å². The SMILES string of the molecule is CC(C)(C)OC(=O)N[C@@H]1CCC[C@@H]2O[C@@H]21. The molecule has 4 nitrogen and oxygen atoms in total. The summed E-state index contributed by atoms with van der Waals surface area (Å²) < 4.78 is 10.7. The maximum atomic E-state index is 11.5. The predicted octanol–water partition coefficient (Wildman–Crippen LogP) is 1.83. The lowest BCUT2D eigenvalue weighted by Gasteiger charge is -2.24. The fourth-order valence-corrected chi connectivity index (χ4v) is 2.06. The number of ether oxygens (including phenoxy) is 2. The van der Waals surface area contributed by atoms with E-state index >= 15 is 0 Å². The van der Waals surface area contributed by atoms with Crippen LogP contribution in [0.3, 0.4) is 0 Å². The molecule has 1 amide bonds. The molecule has 0 spiro atoms. The van der Waals surface area contributed by atoms with Gasteiger partial charge in [-0.05, 0) is 40.0 Å². The van der Waals surface area contributed by atoms with Crippen molar-refractivity contribution in [3.8, 4) is 0 Å². The molecule has 1 aliphatic carbocycles. The van der Waals surface area contributed by atoms with Gasteiger partial charge in [0.05, 0.1) is 12.1 Å². The predicted molar refractivity (Wildman–Crippen MR) is 55.7 cm³/mol. The van der Waals surface area contributed by atoms with E-state index in [-0.39, 0.29) is 18.2 Å². The van der Waals surface area contributed by atoms with Crippen LogP contribution in [0.15, 0.2) is 0 Å². The second kappa shape index (κ2) is 3.67. The van der Waals surface area contributed by atoms with E-state index in [9.17, 15) is 4.79 Å². The highest BCUT2D eigenvalue weighted by molar-refractivity contribution is 5.68. The van der Waals surface area contributed by atoms with Crippen molar-refractivity contribution in [1.82, 2.24) is 5.32 Å². The Morgan fingerprint density at radius 1 is 1.40 bits per heavy atom. The Morgan fingerprint density at radius 2 is 2.13 bits per heavy atom. The average molecular weight is 213 g/mol. The number of carbonyl (C=O) groups is 1. The van der Waals surface area contributed by atoms with Crippen molar-refractivity contribution in [3.63, 3.8) is 0 Å². The van der Waals surface area contributed by atoms with Gasteiger partial charge in [0, 0.05) is 0 Å². The van der Waals surface area contributed by atoms with Gasteiger partial charge in [-0.15, -0.1) is 0 Å². The third-order valence-electron chi connectivity index (χ3n) is 2.72. The molecule has 2 aliphatic rings. The van der Waals surface area contributed by atoms with Crippen LogP contribution in [0.25, 0.3) is 0 Å². The summed E-state index contributed by atoms with van der Waals surface area (Å²) in [5.41, 5.74) is -0.428. The standard InChI is InChI=1S/C11H19NO3/c1-11(2,3)15-10(13)12-7-5-4-6-8-9(7)14-8/h7-9H,4-6H2,1-3H3,(H,12,13)/t7-,8+,9-/m1/s1. The molecule has 15 heavy (non-hydrogen) atoms. The van der Waals surface area contributed by atoms with Gasteiger partial charge in [0.25, 0.3) is 0 Å². The smallest absolute Gasteiger partial charge is 0.407 e. The number of alkyl carbamates (subject to hydrolysis) is 1. The van der Waals surface area contributed by atoms with E-state index in [0.29, 0.717) is 6.10 Å². The van der Waals surface area contributed by atoms with Crippen molar-refractivity contribution in [2.24, 2.45) is 0 Å². The summed E-state index contributed by atoms with van der Waals surface area (Å²) in [5.74, 6) is 0. The van der Waals surface area contributed by atoms with Crippen molar-refractivity contribution in [2.45, 2.75) is 63.9 Å². The molecule has 1 saturated heterocycles. The Morgan fingerprint density at radius 3 is 2.80 bits per heavy atom. The van der Waals surface area contributed by atoms with Gasteiger partial charge in [-0.3, -0.25) is 0 Å². The number of fused-ring (bicyclic) bond motifs is 1. The molecule has 0 aromatic carbocycles. The molecule has 1 heterocycles. The van der Waals surface area contributed by atoms with Crippen LogP contribution in [-0.4, -0.2) is 29.9 Å². The number of carbonyl (C=O) groups excluding carboxylic acids is 1. The van der Waals surface area contributed by atoms with Crippen LogP contribution in [-0.2, 0) is 9.47 Å². The van der Waals surface area contributed by atoms with Gasteiger partial charge in [-0.2, -0.15) is 0 Å². The topological polar surface area (TPSA) is 50.9 Å². The van der Waals surface area contributed by atoms with Crippen molar-refractivity contribution >= 4 is 6.09 Å². The lowest BCUT2D eigenvalue weighted by atomic mass is 9.96. The van der Waals surface area contributed by atoms with Crippen LogP contribution in [0.4, 0.5) is 4.79 Å². The van der Waals surface area contributed by atoms with Gasteiger partial charge in [0.1, 0.15) is 11.7 Å². The Kier molecular flexibility index (Phi) is 2.63. The minimum Gasteiger partial charge on any atom is -0.444 e. The van der Waals surface area contributed by atoms with Gasteiger partial charge in [-0.25, -0.2) is 4.79 Å². The van der Waals surface area contributed by atoms with E-state index in [4.69, 9.17) is 9.47 Å². The van der Waals surface area contributed by atoms with Crippen LogP contribution < -0.4 is 5.32 Å². The number of hydrogen-bond acceptors (Lipinski definition) is 3. The number of hydrogen-bond donors (Lipinski definition) is 1. The molecule has 0 aromatic heterocycles. The first-order valence-electron chi connectivity index (χ1n) is 5.61. The molecule has 0 aromatic rings. The Labute approximate surface area is 90.3 Å². The van der Waals surface area contributed by atoms with E-state index in [1.54, 1.807) is 0 Å². The lowest BCUT2D eigenvalue weighted by molar-refractivity contribution is 0.0491. The number of epoxide rings is 1. The molecule has 86 valence electrons. The molecule has 1 aliphatic heterocycles. The summed E-state index contributed by atoms with van der Waals surface area (Å²) in [6, 6.07) is 0.151. The molecule has 2 fully saturated rings. The normalized spacial score (nSPS) is 34.2. The quantitative estimate of drug-likeness (QED) is 0.676. The minimum atomic E-state index is -0.428. The third kappa shape index (κ3) is 2.84. The Balaban J connectivity index is 1.79. The van der Waals surface area contributed by atoms with Gasteiger partial charge in [-0.1, -0.05) is 0 Å². The van der Waals surface area contributed by atoms with Crippen molar-refractivity contribution in [3.05, 3.63) is 0 Å². The Hall–Kier alpha value is -0.770. The molecule has 1 saturated carbocycles. The molecular formula is C11H19NO3. The van der Waals surface area contributed by atoms with Gasteiger partial charge >= 0.3 is 6.09 Å². The van der Waals surface area contributed by atoms with Crippen LogP contribution in [0.2, 0.25) is 0 Å². The molecule has 2 rings (SSSR count). The summed E-state index contributed by atoms with van der Waals surface area (Å²) >= 11 is 0. The van der Waals surface area contributed by atoms with Gasteiger partial charge in [0.15, 0.2) is 0 Å². The van der Waals surface area contributed by atoms with E-state index in [0.717, 1.165) is 19.3 Å². The first-order valence-corrected chi connectivity index (χ1v) is 5.61.